The van der Waals surface area contributed by atoms with Gasteiger partial charge >= 0.3 is 0 Å². The third kappa shape index (κ3) is 3.45. The number of hydrogen-bond donors (Lipinski definition) is 1. The zero-order valence-corrected chi connectivity index (χ0v) is 11.7. The Bertz CT molecular complexity index is 565. The Kier molecular flexibility index (Phi) is 4.90. The van der Waals surface area contributed by atoms with Crippen molar-refractivity contribution < 1.29 is 13.2 Å². The van der Waals surface area contributed by atoms with Gasteiger partial charge in [0.05, 0.1) is 6.26 Å². The average Bonchev–Trinajstić information content (AvgIpc) is 2.85. The number of aryl methyl sites for hydroxylation is 1. The quantitative estimate of drug-likeness (QED) is 0.859. The summed E-state index contributed by atoms with van der Waals surface area (Å²) in [6.07, 6.45) is 3.25. The number of halogens is 2. The molecule has 2 nitrogen and oxygen atoms in total. The van der Waals surface area contributed by atoms with Crippen molar-refractivity contribution >= 4 is 0 Å². The van der Waals surface area contributed by atoms with Crippen LogP contribution in [0.2, 0.25) is 0 Å². The third-order valence-corrected chi connectivity index (χ3v) is 3.34. The number of hydrogen-bond acceptors (Lipinski definition) is 2. The van der Waals surface area contributed by atoms with Gasteiger partial charge in [0, 0.05) is 11.6 Å². The van der Waals surface area contributed by atoms with E-state index < -0.39 is 11.6 Å². The largest absolute Gasteiger partial charge is 0.469 e. The fourth-order valence-corrected chi connectivity index (χ4v) is 2.27. The van der Waals surface area contributed by atoms with Crippen molar-refractivity contribution in [1.82, 2.24) is 5.32 Å². The zero-order valence-electron chi connectivity index (χ0n) is 11.7. The number of rotatable bonds is 6. The highest BCUT2D eigenvalue weighted by Gasteiger charge is 2.16. The maximum Gasteiger partial charge on any atom is 0.159 e. The van der Waals surface area contributed by atoms with Crippen molar-refractivity contribution in [2.75, 3.05) is 6.54 Å². The fraction of sp³-hybridized carbons (Fsp3) is 0.375. The molecular formula is C16H19F2NO. The van der Waals surface area contributed by atoms with E-state index >= 15 is 0 Å². The van der Waals surface area contributed by atoms with E-state index in [4.69, 9.17) is 4.42 Å². The molecule has 0 aliphatic rings. The Labute approximate surface area is 117 Å². The molecule has 0 bridgehead atoms. The van der Waals surface area contributed by atoms with Gasteiger partial charge in [0.2, 0.25) is 0 Å². The lowest BCUT2D eigenvalue weighted by atomic mass is 9.99. The number of nitrogens with one attached hydrogen (secondary N) is 1. The average molecular weight is 279 g/mol. The molecule has 0 aliphatic heterocycles. The molecule has 1 atom stereocenters. The molecule has 20 heavy (non-hydrogen) atoms. The van der Waals surface area contributed by atoms with E-state index in [1.807, 2.05) is 13.0 Å². The normalized spacial score (nSPS) is 12.6. The molecule has 0 amide bonds. The third-order valence-electron chi connectivity index (χ3n) is 3.34. The van der Waals surface area contributed by atoms with E-state index in [1.165, 1.54) is 12.1 Å². The molecular weight excluding hydrogens is 260 g/mol. The molecule has 1 aromatic heterocycles. The van der Waals surface area contributed by atoms with Crippen LogP contribution in [0.15, 0.2) is 34.9 Å². The van der Waals surface area contributed by atoms with Crippen LogP contribution in [0.4, 0.5) is 8.78 Å². The summed E-state index contributed by atoms with van der Waals surface area (Å²) in [7, 11) is 0. The molecule has 1 N–H and O–H groups in total. The summed E-state index contributed by atoms with van der Waals surface area (Å²) in [5.74, 6) is -0.770. The minimum Gasteiger partial charge on any atom is -0.469 e. The van der Waals surface area contributed by atoms with Crippen LogP contribution in [-0.4, -0.2) is 6.54 Å². The standard InChI is InChI=1S/C16H19F2NO/c1-3-7-19-16(13-6-8-20-11(13)2)10-12-4-5-14(17)15(18)9-12/h4-6,8-9,16,19H,3,7,10H2,1-2H3. The van der Waals surface area contributed by atoms with Crippen molar-refractivity contribution in [3.63, 3.8) is 0 Å². The summed E-state index contributed by atoms with van der Waals surface area (Å²) in [4.78, 5) is 0. The van der Waals surface area contributed by atoms with E-state index in [0.717, 1.165) is 29.9 Å². The van der Waals surface area contributed by atoms with Crippen LogP contribution in [0, 0.1) is 18.6 Å². The van der Waals surface area contributed by atoms with Gasteiger partial charge in [-0.25, -0.2) is 8.78 Å². The second kappa shape index (κ2) is 6.66. The maximum atomic E-state index is 13.3. The Balaban J connectivity index is 2.19. The molecule has 4 heteroatoms. The molecule has 0 fully saturated rings. The lowest BCUT2D eigenvalue weighted by Crippen LogP contribution is -2.24. The van der Waals surface area contributed by atoms with Gasteiger partial charge in [-0.05, 0) is 50.1 Å². The van der Waals surface area contributed by atoms with Gasteiger partial charge < -0.3 is 9.73 Å². The minimum atomic E-state index is -0.814. The summed E-state index contributed by atoms with van der Waals surface area (Å²) < 4.78 is 31.6. The molecule has 0 radical (unpaired) electrons. The molecule has 2 rings (SSSR count). The van der Waals surface area contributed by atoms with E-state index in [-0.39, 0.29) is 6.04 Å². The number of benzene rings is 1. The highest BCUT2D eigenvalue weighted by molar-refractivity contribution is 5.25. The summed E-state index contributed by atoms with van der Waals surface area (Å²) in [5.41, 5.74) is 1.82. The summed E-state index contributed by atoms with van der Waals surface area (Å²) in [6, 6.07) is 6.00. The molecule has 1 heterocycles. The van der Waals surface area contributed by atoms with Gasteiger partial charge in [0.15, 0.2) is 11.6 Å². The Morgan fingerprint density at radius 2 is 2.00 bits per heavy atom. The van der Waals surface area contributed by atoms with Crippen LogP contribution in [0.3, 0.4) is 0 Å². The Morgan fingerprint density at radius 1 is 1.20 bits per heavy atom. The van der Waals surface area contributed by atoms with Crippen molar-refractivity contribution in [3.05, 3.63) is 59.1 Å². The molecule has 0 saturated heterocycles. The monoisotopic (exact) mass is 279 g/mol. The highest BCUT2D eigenvalue weighted by Crippen LogP contribution is 2.23. The first-order valence-corrected chi connectivity index (χ1v) is 6.83. The van der Waals surface area contributed by atoms with Gasteiger partial charge in [-0.15, -0.1) is 0 Å². The van der Waals surface area contributed by atoms with Crippen LogP contribution in [0.5, 0.6) is 0 Å². The minimum absolute atomic E-state index is 0.0403. The smallest absolute Gasteiger partial charge is 0.159 e. The van der Waals surface area contributed by atoms with Gasteiger partial charge in [-0.1, -0.05) is 13.0 Å². The summed E-state index contributed by atoms with van der Waals surface area (Å²) in [6.45, 7) is 4.85. The molecule has 0 spiro atoms. The highest BCUT2D eigenvalue weighted by atomic mass is 19.2. The fourth-order valence-electron chi connectivity index (χ4n) is 2.27. The molecule has 108 valence electrons. The second-order valence-corrected chi connectivity index (χ2v) is 4.89. The topological polar surface area (TPSA) is 25.2 Å². The maximum absolute atomic E-state index is 13.3. The SMILES string of the molecule is CCCNC(Cc1ccc(F)c(F)c1)c1ccoc1C. The van der Waals surface area contributed by atoms with Crippen LogP contribution in [0.25, 0.3) is 0 Å². The van der Waals surface area contributed by atoms with Crippen molar-refractivity contribution in [2.45, 2.75) is 32.7 Å². The van der Waals surface area contributed by atoms with E-state index in [1.54, 1.807) is 12.3 Å². The van der Waals surface area contributed by atoms with Crippen LogP contribution >= 0.6 is 0 Å². The van der Waals surface area contributed by atoms with Gasteiger partial charge in [-0.3, -0.25) is 0 Å². The van der Waals surface area contributed by atoms with Gasteiger partial charge in [0.25, 0.3) is 0 Å². The lowest BCUT2D eigenvalue weighted by molar-refractivity contribution is 0.488. The van der Waals surface area contributed by atoms with Crippen LogP contribution < -0.4 is 5.32 Å². The van der Waals surface area contributed by atoms with Crippen LogP contribution in [0.1, 0.15) is 36.3 Å². The first-order valence-electron chi connectivity index (χ1n) is 6.83. The molecule has 1 unspecified atom stereocenters. The van der Waals surface area contributed by atoms with E-state index in [9.17, 15) is 8.78 Å². The molecule has 0 saturated carbocycles. The number of furan rings is 1. The molecule has 2 aromatic rings. The molecule has 0 aliphatic carbocycles. The van der Waals surface area contributed by atoms with Gasteiger partial charge in [0.1, 0.15) is 5.76 Å². The summed E-state index contributed by atoms with van der Waals surface area (Å²) in [5, 5.41) is 3.42. The Hall–Kier alpha value is -1.68. The van der Waals surface area contributed by atoms with Crippen molar-refractivity contribution in [2.24, 2.45) is 0 Å². The second-order valence-electron chi connectivity index (χ2n) is 4.89. The first kappa shape index (κ1) is 14.7. The van der Waals surface area contributed by atoms with Crippen LogP contribution in [-0.2, 0) is 6.42 Å². The summed E-state index contributed by atoms with van der Waals surface area (Å²) >= 11 is 0. The predicted octanol–water partition coefficient (Wildman–Crippen LogP) is 4.15. The van der Waals surface area contributed by atoms with E-state index in [2.05, 4.69) is 12.2 Å². The van der Waals surface area contributed by atoms with Gasteiger partial charge in [-0.2, -0.15) is 0 Å². The lowest BCUT2D eigenvalue weighted by Gasteiger charge is -2.18. The van der Waals surface area contributed by atoms with E-state index in [0.29, 0.717) is 6.42 Å². The van der Waals surface area contributed by atoms with Crippen molar-refractivity contribution in [3.8, 4) is 0 Å². The predicted molar refractivity (Wildman–Crippen MR) is 74.5 cm³/mol. The first-order chi connectivity index (χ1) is 9.61. The molecule has 1 aromatic carbocycles. The Morgan fingerprint density at radius 3 is 2.60 bits per heavy atom. The zero-order chi connectivity index (χ0) is 14.5. The van der Waals surface area contributed by atoms with Crippen molar-refractivity contribution in [1.29, 1.82) is 0 Å².